The Morgan fingerprint density at radius 3 is 2.40 bits per heavy atom. The van der Waals surface area contributed by atoms with Crippen LogP contribution in [0.4, 0.5) is 25.0 Å². The van der Waals surface area contributed by atoms with E-state index >= 15 is 0 Å². The highest BCUT2D eigenvalue weighted by molar-refractivity contribution is 7.94. The zero-order valence-electron chi connectivity index (χ0n) is 12.6. The molecule has 1 saturated heterocycles. The number of ether oxygens (including phenoxy) is 1. The van der Waals surface area contributed by atoms with Gasteiger partial charge in [-0.3, -0.25) is 4.90 Å². The molecule has 11 heteroatoms. The topological polar surface area (TPSA) is 104 Å². The summed E-state index contributed by atoms with van der Waals surface area (Å²) in [7, 11) is -3.38. The smallest absolute Gasteiger partial charge is 0.415 e. The molecular weight excluding hydrogens is 362 g/mol. The van der Waals surface area contributed by atoms with Crippen molar-refractivity contribution in [3.05, 3.63) is 35.4 Å². The molecule has 8 nitrogen and oxygen atoms in total. The molecule has 2 aliphatic rings. The quantitative estimate of drug-likeness (QED) is 0.844. The van der Waals surface area contributed by atoms with Gasteiger partial charge >= 0.3 is 12.1 Å². The fraction of sp³-hybridized carbons (Fsp3) is 0.286. The first-order valence-corrected chi connectivity index (χ1v) is 8.77. The molecule has 0 radical (unpaired) electrons. The Morgan fingerprint density at radius 1 is 1.28 bits per heavy atom. The van der Waals surface area contributed by atoms with Gasteiger partial charge in [0.05, 0.1) is 18.0 Å². The van der Waals surface area contributed by atoms with E-state index in [-0.39, 0.29) is 24.5 Å². The van der Waals surface area contributed by atoms with Gasteiger partial charge in [0.2, 0.25) is 6.10 Å². The molecule has 134 valence electrons. The third-order valence-electron chi connectivity index (χ3n) is 3.75. The maximum absolute atomic E-state index is 14.4. The van der Waals surface area contributed by atoms with Crippen molar-refractivity contribution >= 4 is 33.3 Å². The summed E-state index contributed by atoms with van der Waals surface area (Å²) in [4.78, 5) is 24.5. The maximum Gasteiger partial charge on any atom is 0.415 e. The van der Waals surface area contributed by atoms with E-state index in [1.165, 1.54) is 0 Å². The number of aliphatic carboxylic acids is 1. The lowest BCUT2D eigenvalue weighted by Crippen LogP contribution is -2.30. The molecule has 0 aliphatic carbocycles. The van der Waals surface area contributed by atoms with E-state index < -0.39 is 45.3 Å². The third kappa shape index (κ3) is 3.27. The van der Waals surface area contributed by atoms with Gasteiger partial charge in [0.15, 0.2) is 21.5 Å². The summed E-state index contributed by atoms with van der Waals surface area (Å²) in [5.74, 6) is -3.70. The molecular formula is C14H12F2N2O6S. The van der Waals surface area contributed by atoms with Crippen LogP contribution in [0.2, 0.25) is 0 Å². The predicted molar refractivity (Wildman–Crippen MR) is 81.9 cm³/mol. The lowest BCUT2D eigenvalue weighted by Gasteiger charge is -2.25. The van der Waals surface area contributed by atoms with Gasteiger partial charge in [-0.2, -0.15) is 0 Å². The van der Waals surface area contributed by atoms with Crippen molar-refractivity contribution in [2.45, 2.75) is 6.10 Å². The van der Waals surface area contributed by atoms with Gasteiger partial charge in [-0.1, -0.05) is 0 Å². The second-order valence-corrected chi connectivity index (χ2v) is 7.43. The van der Waals surface area contributed by atoms with Gasteiger partial charge in [-0.05, 0) is 0 Å². The van der Waals surface area contributed by atoms with Crippen molar-refractivity contribution in [3.8, 4) is 0 Å². The average Bonchev–Trinajstić information content (AvgIpc) is 2.90. The van der Waals surface area contributed by atoms with Crippen LogP contribution in [-0.2, 0) is 19.4 Å². The number of anilines is 2. The number of nitrogens with zero attached hydrogens (tertiary/aromatic N) is 2. The first-order chi connectivity index (χ1) is 11.7. The van der Waals surface area contributed by atoms with E-state index in [4.69, 9.17) is 5.11 Å². The monoisotopic (exact) mass is 374 g/mol. The normalized spacial score (nSPS) is 22.2. The molecule has 0 unspecified atom stereocenters. The molecule has 2 heterocycles. The highest BCUT2D eigenvalue weighted by Gasteiger charge is 2.37. The number of benzene rings is 1. The molecule has 1 aromatic carbocycles. The van der Waals surface area contributed by atoms with E-state index in [1.54, 1.807) is 0 Å². The lowest BCUT2D eigenvalue weighted by molar-refractivity contribution is -0.144. The minimum absolute atomic E-state index is 0.126. The standard InChI is InChI=1S/C14H12F2N2O6S/c15-9-5-8(18-7-11(13(19)20)24-14(18)21)6-10(16)12(9)17-1-3-25(22,23)4-2-17/h1,3,5-6,11H,2,4,7H2,(H,19,20)/t11-/m1/s1. The van der Waals surface area contributed by atoms with Crippen LogP contribution < -0.4 is 9.80 Å². The second kappa shape index (κ2) is 5.99. The highest BCUT2D eigenvalue weighted by Crippen LogP contribution is 2.32. The molecule has 1 amide bonds. The number of carbonyl (C=O) groups is 2. The van der Waals surface area contributed by atoms with Crippen LogP contribution in [-0.4, -0.2) is 50.5 Å². The lowest BCUT2D eigenvalue weighted by atomic mass is 10.2. The first kappa shape index (κ1) is 17.1. The summed E-state index contributed by atoms with van der Waals surface area (Å²) in [6, 6.07) is 1.72. The van der Waals surface area contributed by atoms with Gasteiger partial charge in [-0.15, -0.1) is 0 Å². The Morgan fingerprint density at radius 2 is 1.92 bits per heavy atom. The van der Waals surface area contributed by atoms with Crippen LogP contribution in [0.3, 0.4) is 0 Å². The molecule has 1 aromatic rings. The van der Waals surface area contributed by atoms with Crippen molar-refractivity contribution in [2.75, 3.05) is 28.6 Å². The first-order valence-electron chi connectivity index (χ1n) is 7.05. The molecule has 1 fully saturated rings. The van der Waals surface area contributed by atoms with Crippen LogP contribution in [0.1, 0.15) is 0 Å². The number of sulfone groups is 1. The molecule has 2 aliphatic heterocycles. The fourth-order valence-electron chi connectivity index (χ4n) is 2.51. The molecule has 0 saturated carbocycles. The number of amides is 1. The SMILES string of the molecule is O=C(O)[C@H]1CN(c2cc(F)c(N3C=CS(=O)(=O)CC3)c(F)c2)C(=O)O1. The van der Waals surface area contributed by atoms with E-state index in [9.17, 15) is 26.8 Å². The number of carboxylic acids is 1. The number of hydrogen-bond donors (Lipinski definition) is 1. The highest BCUT2D eigenvalue weighted by atomic mass is 32.2. The fourth-order valence-corrected chi connectivity index (χ4v) is 3.42. The van der Waals surface area contributed by atoms with E-state index in [1.807, 2.05) is 0 Å². The maximum atomic E-state index is 14.4. The Balaban J connectivity index is 1.91. The van der Waals surface area contributed by atoms with Gasteiger partial charge in [-0.25, -0.2) is 26.8 Å². The molecule has 25 heavy (non-hydrogen) atoms. The minimum Gasteiger partial charge on any atom is -0.478 e. The van der Waals surface area contributed by atoms with E-state index in [0.29, 0.717) is 0 Å². The Hall–Kier alpha value is -2.69. The number of rotatable bonds is 3. The average molecular weight is 374 g/mol. The van der Waals surface area contributed by atoms with Crippen molar-refractivity contribution in [2.24, 2.45) is 0 Å². The van der Waals surface area contributed by atoms with Crippen molar-refractivity contribution in [1.29, 1.82) is 0 Å². The molecule has 1 atom stereocenters. The van der Waals surface area contributed by atoms with Crippen molar-refractivity contribution in [3.63, 3.8) is 0 Å². The third-order valence-corrected chi connectivity index (χ3v) is 5.04. The zero-order chi connectivity index (χ0) is 18.4. The largest absolute Gasteiger partial charge is 0.478 e. The number of carbonyl (C=O) groups excluding carboxylic acids is 1. The Bertz CT molecular complexity index is 862. The number of cyclic esters (lactones) is 1. The van der Waals surface area contributed by atoms with Crippen LogP contribution in [0.15, 0.2) is 23.7 Å². The minimum atomic E-state index is -3.38. The number of halogens is 2. The van der Waals surface area contributed by atoms with Gasteiger partial charge in [0.1, 0.15) is 5.69 Å². The van der Waals surface area contributed by atoms with Crippen LogP contribution in [0.25, 0.3) is 0 Å². The van der Waals surface area contributed by atoms with E-state index in [2.05, 4.69) is 4.74 Å². The molecule has 0 spiro atoms. The van der Waals surface area contributed by atoms with Crippen molar-refractivity contribution < 1.29 is 36.6 Å². The van der Waals surface area contributed by atoms with Crippen LogP contribution >= 0.6 is 0 Å². The van der Waals surface area contributed by atoms with Gasteiger partial charge < -0.3 is 14.7 Å². The summed E-state index contributed by atoms with van der Waals surface area (Å²) in [6.07, 6.45) is -1.39. The summed E-state index contributed by atoms with van der Waals surface area (Å²) < 4.78 is 56.0. The summed E-state index contributed by atoms with van der Waals surface area (Å²) in [6.45, 7) is -0.507. The Labute approximate surface area is 140 Å². The van der Waals surface area contributed by atoms with E-state index in [0.717, 1.165) is 33.5 Å². The number of hydrogen-bond acceptors (Lipinski definition) is 6. The molecule has 3 rings (SSSR count). The predicted octanol–water partition coefficient (Wildman–Crippen LogP) is 1.08. The van der Waals surface area contributed by atoms with Crippen molar-refractivity contribution in [1.82, 2.24) is 0 Å². The summed E-state index contributed by atoms with van der Waals surface area (Å²) >= 11 is 0. The van der Waals surface area contributed by atoms with Crippen LogP contribution in [0, 0.1) is 11.6 Å². The summed E-state index contributed by atoms with van der Waals surface area (Å²) in [5, 5.41) is 9.71. The van der Waals surface area contributed by atoms with Crippen LogP contribution in [0.5, 0.6) is 0 Å². The summed E-state index contributed by atoms with van der Waals surface area (Å²) in [5.41, 5.74) is -0.654. The Kier molecular flexibility index (Phi) is 4.11. The molecule has 0 aromatic heterocycles. The zero-order valence-corrected chi connectivity index (χ0v) is 13.4. The second-order valence-electron chi connectivity index (χ2n) is 5.42. The van der Waals surface area contributed by atoms with Gasteiger partial charge in [0.25, 0.3) is 0 Å². The molecule has 0 bridgehead atoms. The number of carboxylic acid groups (broad SMARTS) is 1. The van der Waals surface area contributed by atoms with Gasteiger partial charge in [0, 0.05) is 30.3 Å². The molecule has 1 N–H and O–H groups in total.